The third-order valence-corrected chi connectivity index (χ3v) is 3.78. The predicted molar refractivity (Wildman–Crippen MR) is 71.5 cm³/mol. The van der Waals surface area contributed by atoms with Crippen LogP contribution in [0.25, 0.3) is 0 Å². The summed E-state index contributed by atoms with van der Waals surface area (Å²) in [6, 6.07) is 0.854. The molecular formula is C14H30N2. The van der Waals surface area contributed by atoms with Gasteiger partial charge in [0.2, 0.25) is 0 Å². The Morgan fingerprint density at radius 3 is 2.31 bits per heavy atom. The van der Waals surface area contributed by atoms with E-state index in [-0.39, 0.29) is 0 Å². The molecule has 1 unspecified atom stereocenters. The van der Waals surface area contributed by atoms with Crippen LogP contribution in [0.4, 0.5) is 0 Å². The lowest BCUT2D eigenvalue weighted by atomic mass is 10.1. The summed E-state index contributed by atoms with van der Waals surface area (Å²) in [5, 5.41) is 0. The summed E-state index contributed by atoms with van der Waals surface area (Å²) in [6.45, 7) is 10.2. The molecule has 0 aromatic rings. The number of nitrogens with two attached hydrogens (primary N) is 1. The maximum absolute atomic E-state index is 5.75. The first-order chi connectivity index (χ1) is 7.63. The summed E-state index contributed by atoms with van der Waals surface area (Å²) in [7, 11) is 0. The Morgan fingerprint density at radius 2 is 1.81 bits per heavy atom. The van der Waals surface area contributed by atoms with Gasteiger partial charge in [0, 0.05) is 12.6 Å². The Labute approximate surface area is 102 Å². The molecule has 0 amide bonds. The smallest absolute Gasteiger partial charge is 0.00953 e. The molecule has 2 heteroatoms. The van der Waals surface area contributed by atoms with E-state index in [1.54, 1.807) is 0 Å². The zero-order valence-electron chi connectivity index (χ0n) is 11.4. The Bertz CT molecular complexity index is 174. The van der Waals surface area contributed by atoms with Gasteiger partial charge in [-0.15, -0.1) is 0 Å². The standard InChI is InChI=1S/C14H30N2/c1-12(2)8-9-16(11-13(3)10-15)14-6-4-5-7-14/h12-14H,4-11,15H2,1-3H3. The van der Waals surface area contributed by atoms with Gasteiger partial charge in [-0.3, -0.25) is 0 Å². The van der Waals surface area contributed by atoms with Crippen LogP contribution in [0.5, 0.6) is 0 Å². The van der Waals surface area contributed by atoms with Crippen LogP contribution < -0.4 is 5.73 Å². The maximum atomic E-state index is 5.75. The zero-order valence-corrected chi connectivity index (χ0v) is 11.4. The van der Waals surface area contributed by atoms with Crippen molar-refractivity contribution < 1.29 is 0 Å². The molecule has 0 spiro atoms. The Hall–Kier alpha value is -0.0800. The molecule has 0 heterocycles. The van der Waals surface area contributed by atoms with Crippen molar-refractivity contribution in [3.8, 4) is 0 Å². The van der Waals surface area contributed by atoms with Crippen molar-refractivity contribution in [1.82, 2.24) is 4.90 Å². The van der Waals surface area contributed by atoms with Crippen molar-refractivity contribution in [2.75, 3.05) is 19.6 Å². The first-order valence-electron chi connectivity index (χ1n) is 7.07. The Balaban J connectivity index is 2.40. The number of nitrogens with zero attached hydrogens (tertiary/aromatic N) is 1. The number of rotatable bonds is 7. The average Bonchev–Trinajstić information content (AvgIpc) is 2.76. The average molecular weight is 226 g/mol. The van der Waals surface area contributed by atoms with Gasteiger partial charge < -0.3 is 10.6 Å². The van der Waals surface area contributed by atoms with Crippen LogP contribution in [0.1, 0.15) is 52.9 Å². The molecule has 1 aliphatic rings. The predicted octanol–water partition coefficient (Wildman–Crippen LogP) is 2.87. The summed E-state index contributed by atoms with van der Waals surface area (Å²) in [4.78, 5) is 2.71. The highest BCUT2D eigenvalue weighted by atomic mass is 15.2. The molecule has 1 aliphatic carbocycles. The molecule has 2 nitrogen and oxygen atoms in total. The van der Waals surface area contributed by atoms with Crippen molar-refractivity contribution in [2.24, 2.45) is 17.6 Å². The molecule has 2 N–H and O–H groups in total. The molecule has 0 bridgehead atoms. The molecule has 1 atom stereocenters. The molecule has 0 aromatic carbocycles. The van der Waals surface area contributed by atoms with Crippen LogP contribution in [0.3, 0.4) is 0 Å². The van der Waals surface area contributed by atoms with Crippen molar-refractivity contribution in [3.05, 3.63) is 0 Å². The number of hydrogen-bond donors (Lipinski definition) is 1. The number of hydrogen-bond acceptors (Lipinski definition) is 2. The third kappa shape index (κ3) is 4.84. The van der Waals surface area contributed by atoms with Crippen LogP contribution in [-0.4, -0.2) is 30.6 Å². The third-order valence-electron chi connectivity index (χ3n) is 3.78. The van der Waals surface area contributed by atoms with E-state index < -0.39 is 0 Å². The first kappa shape index (κ1) is 14.0. The fourth-order valence-electron chi connectivity index (χ4n) is 2.59. The summed E-state index contributed by atoms with van der Waals surface area (Å²) >= 11 is 0. The molecule has 0 aliphatic heterocycles. The largest absolute Gasteiger partial charge is 0.330 e. The van der Waals surface area contributed by atoms with Gasteiger partial charge in [-0.1, -0.05) is 33.6 Å². The molecule has 0 saturated heterocycles. The maximum Gasteiger partial charge on any atom is 0.00953 e. The lowest BCUT2D eigenvalue weighted by molar-refractivity contribution is 0.165. The quantitative estimate of drug-likeness (QED) is 0.723. The molecule has 0 aromatic heterocycles. The highest BCUT2D eigenvalue weighted by Crippen LogP contribution is 2.24. The fourth-order valence-corrected chi connectivity index (χ4v) is 2.59. The molecule has 1 rings (SSSR count). The van der Waals surface area contributed by atoms with E-state index in [4.69, 9.17) is 5.73 Å². The van der Waals surface area contributed by atoms with Gasteiger partial charge in [-0.25, -0.2) is 0 Å². The molecular weight excluding hydrogens is 196 g/mol. The molecule has 96 valence electrons. The van der Waals surface area contributed by atoms with Crippen LogP contribution in [0, 0.1) is 11.8 Å². The van der Waals surface area contributed by atoms with Gasteiger partial charge in [-0.05, 0) is 44.2 Å². The molecule has 1 saturated carbocycles. The monoisotopic (exact) mass is 226 g/mol. The van der Waals surface area contributed by atoms with Gasteiger partial charge in [0.05, 0.1) is 0 Å². The van der Waals surface area contributed by atoms with E-state index >= 15 is 0 Å². The van der Waals surface area contributed by atoms with Gasteiger partial charge in [0.25, 0.3) is 0 Å². The lowest BCUT2D eigenvalue weighted by Gasteiger charge is -2.31. The fraction of sp³-hybridized carbons (Fsp3) is 1.00. The Morgan fingerprint density at radius 1 is 1.19 bits per heavy atom. The van der Waals surface area contributed by atoms with E-state index in [1.165, 1.54) is 45.2 Å². The summed E-state index contributed by atoms with van der Waals surface area (Å²) in [6.07, 6.45) is 7.01. The van der Waals surface area contributed by atoms with E-state index in [0.29, 0.717) is 5.92 Å². The minimum absolute atomic E-state index is 0.646. The zero-order chi connectivity index (χ0) is 12.0. The SMILES string of the molecule is CC(C)CCN(CC(C)CN)C1CCCC1. The van der Waals surface area contributed by atoms with Gasteiger partial charge >= 0.3 is 0 Å². The van der Waals surface area contributed by atoms with E-state index in [0.717, 1.165) is 18.5 Å². The van der Waals surface area contributed by atoms with Crippen molar-refractivity contribution >= 4 is 0 Å². The van der Waals surface area contributed by atoms with E-state index in [2.05, 4.69) is 25.7 Å². The van der Waals surface area contributed by atoms with Crippen molar-refractivity contribution in [3.63, 3.8) is 0 Å². The van der Waals surface area contributed by atoms with E-state index in [1.807, 2.05) is 0 Å². The van der Waals surface area contributed by atoms with Crippen molar-refractivity contribution in [2.45, 2.75) is 58.9 Å². The Kier molecular flexibility index (Phi) is 6.37. The summed E-state index contributed by atoms with van der Waals surface area (Å²) in [5.41, 5.74) is 5.75. The van der Waals surface area contributed by atoms with Gasteiger partial charge in [0.1, 0.15) is 0 Å². The normalized spacial score (nSPS) is 19.9. The minimum atomic E-state index is 0.646. The second kappa shape index (κ2) is 7.29. The highest BCUT2D eigenvalue weighted by molar-refractivity contribution is 4.79. The topological polar surface area (TPSA) is 29.3 Å². The summed E-state index contributed by atoms with van der Waals surface area (Å²) < 4.78 is 0. The minimum Gasteiger partial charge on any atom is -0.330 e. The lowest BCUT2D eigenvalue weighted by Crippen LogP contribution is -2.39. The van der Waals surface area contributed by atoms with Crippen LogP contribution in [0.15, 0.2) is 0 Å². The van der Waals surface area contributed by atoms with Crippen molar-refractivity contribution in [1.29, 1.82) is 0 Å². The van der Waals surface area contributed by atoms with Crippen LogP contribution in [0.2, 0.25) is 0 Å². The van der Waals surface area contributed by atoms with Crippen LogP contribution >= 0.6 is 0 Å². The van der Waals surface area contributed by atoms with Gasteiger partial charge in [0.15, 0.2) is 0 Å². The second-order valence-corrected chi connectivity index (χ2v) is 5.96. The first-order valence-corrected chi connectivity index (χ1v) is 7.07. The van der Waals surface area contributed by atoms with Crippen LogP contribution in [-0.2, 0) is 0 Å². The highest BCUT2D eigenvalue weighted by Gasteiger charge is 2.23. The van der Waals surface area contributed by atoms with Gasteiger partial charge in [-0.2, -0.15) is 0 Å². The van der Waals surface area contributed by atoms with E-state index in [9.17, 15) is 0 Å². The second-order valence-electron chi connectivity index (χ2n) is 5.96. The molecule has 0 radical (unpaired) electrons. The summed E-state index contributed by atoms with van der Waals surface area (Å²) in [5.74, 6) is 1.46. The molecule has 1 fully saturated rings. The molecule has 16 heavy (non-hydrogen) atoms.